The third kappa shape index (κ3) is 3.51. The fourth-order valence-corrected chi connectivity index (χ4v) is 1.56. The summed E-state index contributed by atoms with van der Waals surface area (Å²) in [6, 6.07) is 0. The molecule has 0 aromatic carbocycles. The van der Waals surface area contributed by atoms with Gasteiger partial charge in [0.1, 0.15) is 0 Å². The van der Waals surface area contributed by atoms with Gasteiger partial charge in [0, 0.05) is 17.4 Å². The fraction of sp³-hybridized carbons (Fsp3) is 0.222. The number of rotatable bonds is 5. The van der Waals surface area contributed by atoms with Crippen LogP contribution in [0.25, 0.3) is 5.57 Å². The normalized spacial score (nSPS) is 11.3. The summed E-state index contributed by atoms with van der Waals surface area (Å²) < 4.78 is 0. The van der Waals surface area contributed by atoms with Gasteiger partial charge in [-0.3, -0.25) is 9.59 Å². The molecular weight excluding hydrogens is 216 g/mol. The molecule has 80 valence electrons. The van der Waals surface area contributed by atoms with Crippen LogP contribution in [0.5, 0.6) is 0 Å². The van der Waals surface area contributed by atoms with Gasteiger partial charge in [0.25, 0.3) is 0 Å². The van der Waals surface area contributed by atoms with E-state index in [2.05, 4.69) is 4.98 Å². The lowest BCUT2D eigenvalue weighted by molar-refractivity contribution is -0.136. The van der Waals surface area contributed by atoms with Crippen molar-refractivity contribution in [1.82, 2.24) is 4.98 Å². The van der Waals surface area contributed by atoms with Gasteiger partial charge in [-0.1, -0.05) is 6.08 Å². The molecule has 1 rings (SSSR count). The van der Waals surface area contributed by atoms with E-state index in [1.807, 2.05) is 0 Å². The fourth-order valence-electron chi connectivity index (χ4n) is 0.984. The van der Waals surface area contributed by atoms with Crippen molar-refractivity contribution < 1.29 is 14.7 Å². The number of nitrogens with two attached hydrogens (primary N) is 1. The molecule has 0 amide bonds. The first-order chi connectivity index (χ1) is 7.13. The van der Waals surface area contributed by atoms with Crippen LogP contribution in [0.15, 0.2) is 11.5 Å². The zero-order valence-electron chi connectivity index (χ0n) is 7.84. The molecule has 0 aliphatic rings. The average molecular weight is 226 g/mol. The molecule has 0 radical (unpaired) electrons. The molecule has 0 fully saturated rings. The van der Waals surface area contributed by atoms with Gasteiger partial charge in [-0.2, -0.15) is 0 Å². The second-order valence-electron chi connectivity index (χ2n) is 2.78. The predicted molar refractivity (Wildman–Crippen MR) is 57.4 cm³/mol. The molecule has 1 aromatic rings. The molecule has 0 bridgehead atoms. The highest BCUT2D eigenvalue weighted by Gasteiger charge is 2.04. The van der Waals surface area contributed by atoms with Crippen LogP contribution in [0.4, 0.5) is 5.13 Å². The standard InChI is InChI=1S/C9H10N2O3S/c10-9-11-7(5-15-9)6(4-12)2-1-3-8(13)14/h2,4-5H,1,3H2,(H2,10,11)(H,13,14). The van der Waals surface area contributed by atoms with Gasteiger partial charge >= 0.3 is 5.97 Å². The van der Waals surface area contributed by atoms with Crippen LogP contribution >= 0.6 is 11.3 Å². The Balaban J connectivity index is 2.71. The van der Waals surface area contributed by atoms with Crippen molar-refractivity contribution in [3.63, 3.8) is 0 Å². The van der Waals surface area contributed by atoms with E-state index >= 15 is 0 Å². The van der Waals surface area contributed by atoms with Gasteiger partial charge in [-0.15, -0.1) is 11.3 Å². The van der Waals surface area contributed by atoms with Gasteiger partial charge in [0.2, 0.25) is 0 Å². The molecule has 0 saturated heterocycles. The summed E-state index contributed by atoms with van der Waals surface area (Å²) in [6.45, 7) is 0. The largest absolute Gasteiger partial charge is 0.481 e. The molecule has 15 heavy (non-hydrogen) atoms. The molecule has 5 nitrogen and oxygen atoms in total. The number of thiazole rings is 1. The summed E-state index contributed by atoms with van der Waals surface area (Å²) in [7, 11) is 0. The number of carboxylic acid groups (broad SMARTS) is 1. The van der Waals surface area contributed by atoms with Crippen molar-refractivity contribution in [2.24, 2.45) is 0 Å². The summed E-state index contributed by atoms with van der Waals surface area (Å²) in [5.41, 5.74) is 6.30. The van der Waals surface area contributed by atoms with Gasteiger partial charge in [-0.05, 0) is 6.42 Å². The molecular formula is C9H10N2O3S. The van der Waals surface area contributed by atoms with Gasteiger partial charge in [0.15, 0.2) is 11.4 Å². The van der Waals surface area contributed by atoms with Crippen LogP contribution < -0.4 is 5.73 Å². The van der Waals surface area contributed by atoms with Crippen LogP contribution in [0.3, 0.4) is 0 Å². The molecule has 0 unspecified atom stereocenters. The molecule has 0 aliphatic carbocycles. The Kier molecular flexibility index (Phi) is 3.99. The minimum atomic E-state index is -0.894. The molecule has 0 spiro atoms. The number of aromatic nitrogens is 1. The first-order valence-corrected chi connectivity index (χ1v) is 5.10. The van der Waals surface area contributed by atoms with E-state index in [1.165, 1.54) is 11.3 Å². The van der Waals surface area contributed by atoms with Crippen LogP contribution in [-0.4, -0.2) is 22.3 Å². The van der Waals surface area contributed by atoms with Crippen molar-refractivity contribution in [3.8, 4) is 0 Å². The third-order valence-corrected chi connectivity index (χ3v) is 2.34. The topological polar surface area (TPSA) is 93.3 Å². The second-order valence-corrected chi connectivity index (χ2v) is 3.67. The van der Waals surface area contributed by atoms with E-state index in [9.17, 15) is 9.59 Å². The first-order valence-electron chi connectivity index (χ1n) is 4.22. The van der Waals surface area contributed by atoms with Crippen molar-refractivity contribution in [1.29, 1.82) is 0 Å². The maximum absolute atomic E-state index is 10.7. The number of nitrogens with zero attached hydrogens (tertiary/aromatic N) is 1. The number of allylic oxidation sites excluding steroid dienone is 2. The highest BCUT2D eigenvalue weighted by molar-refractivity contribution is 7.13. The number of carbonyl (C=O) groups excluding carboxylic acids is 1. The highest BCUT2D eigenvalue weighted by atomic mass is 32.1. The zero-order chi connectivity index (χ0) is 11.3. The van der Waals surface area contributed by atoms with Crippen molar-refractivity contribution in [2.45, 2.75) is 12.8 Å². The van der Waals surface area contributed by atoms with E-state index in [0.717, 1.165) is 0 Å². The Labute approximate surface area is 90.2 Å². The number of anilines is 1. The average Bonchev–Trinajstić information content (AvgIpc) is 2.59. The second kappa shape index (κ2) is 5.26. The zero-order valence-corrected chi connectivity index (χ0v) is 8.66. The minimum absolute atomic E-state index is 0.00302. The van der Waals surface area contributed by atoms with E-state index in [-0.39, 0.29) is 6.42 Å². The highest BCUT2D eigenvalue weighted by Crippen LogP contribution is 2.18. The smallest absolute Gasteiger partial charge is 0.303 e. The quantitative estimate of drug-likeness (QED) is 0.580. The van der Waals surface area contributed by atoms with Crippen molar-refractivity contribution in [2.75, 3.05) is 5.73 Å². The molecule has 0 atom stereocenters. The summed E-state index contributed by atoms with van der Waals surface area (Å²) in [4.78, 5) is 24.9. The maximum Gasteiger partial charge on any atom is 0.303 e. The number of hydrogen-bond donors (Lipinski definition) is 2. The molecule has 1 aromatic heterocycles. The molecule has 6 heteroatoms. The van der Waals surface area contributed by atoms with E-state index in [1.54, 1.807) is 11.5 Å². The number of aldehydes is 1. The Morgan fingerprint density at radius 2 is 2.40 bits per heavy atom. The number of carboxylic acids is 1. The Morgan fingerprint density at radius 1 is 1.67 bits per heavy atom. The van der Waals surface area contributed by atoms with E-state index in [4.69, 9.17) is 10.8 Å². The SMILES string of the molecule is Nc1nc(C(C=O)=CCCC(=O)O)cs1. The van der Waals surface area contributed by atoms with Gasteiger partial charge in [0.05, 0.1) is 5.69 Å². The molecule has 1 heterocycles. The van der Waals surface area contributed by atoms with E-state index < -0.39 is 5.97 Å². The minimum Gasteiger partial charge on any atom is -0.481 e. The number of aliphatic carboxylic acids is 1. The predicted octanol–water partition coefficient (Wildman–Crippen LogP) is 1.17. The lowest BCUT2D eigenvalue weighted by atomic mass is 10.1. The summed E-state index contributed by atoms with van der Waals surface area (Å²) in [6.07, 6.45) is 2.50. The summed E-state index contributed by atoms with van der Waals surface area (Å²) in [5, 5.41) is 10.5. The lowest BCUT2D eigenvalue weighted by Gasteiger charge is -1.93. The third-order valence-electron chi connectivity index (χ3n) is 1.67. The monoisotopic (exact) mass is 226 g/mol. The van der Waals surface area contributed by atoms with Gasteiger partial charge < -0.3 is 10.8 Å². The maximum atomic E-state index is 10.7. The molecule has 0 saturated carbocycles. The summed E-state index contributed by atoms with van der Waals surface area (Å²) in [5.74, 6) is -0.894. The molecule has 0 aliphatic heterocycles. The van der Waals surface area contributed by atoms with Crippen LogP contribution in [0, 0.1) is 0 Å². The Bertz CT molecular complexity index is 398. The van der Waals surface area contributed by atoms with Crippen molar-refractivity contribution in [3.05, 3.63) is 17.2 Å². The van der Waals surface area contributed by atoms with Crippen LogP contribution in [0.2, 0.25) is 0 Å². The van der Waals surface area contributed by atoms with Crippen LogP contribution in [-0.2, 0) is 9.59 Å². The first kappa shape index (κ1) is 11.4. The van der Waals surface area contributed by atoms with Crippen molar-refractivity contribution >= 4 is 34.3 Å². The number of carbonyl (C=O) groups is 2. The Morgan fingerprint density at radius 3 is 2.87 bits per heavy atom. The summed E-state index contributed by atoms with van der Waals surface area (Å²) >= 11 is 1.24. The molecule has 3 N–H and O–H groups in total. The number of nitrogen functional groups attached to an aromatic ring is 1. The Hall–Kier alpha value is -1.69. The lowest BCUT2D eigenvalue weighted by Crippen LogP contribution is -1.93. The van der Waals surface area contributed by atoms with Gasteiger partial charge in [-0.25, -0.2) is 4.98 Å². The number of hydrogen-bond acceptors (Lipinski definition) is 5. The van der Waals surface area contributed by atoms with Crippen LogP contribution in [0.1, 0.15) is 18.5 Å². The van der Waals surface area contributed by atoms with E-state index in [0.29, 0.717) is 29.1 Å².